The maximum Gasteiger partial charge on any atom is 0.170 e. The van der Waals surface area contributed by atoms with Gasteiger partial charge in [-0.2, -0.15) is 5.10 Å². The van der Waals surface area contributed by atoms with Crippen molar-refractivity contribution in [2.24, 2.45) is 10.9 Å². The summed E-state index contributed by atoms with van der Waals surface area (Å²) in [5.74, 6) is -0.551. The molecule has 2 rings (SSSR count). The highest BCUT2D eigenvalue weighted by atomic mass is 19.1. The van der Waals surface area contributed by atoms with Gasteiger partial charge in [-0.15, -0.1) is 0 Å². The molecule has 1 aromatic carbocycles. The van der Waals surface area contributed by atoms with Crippen molar-refractivity contribution < 1.29 is 9.60 Å². The van der Waals surface area contributed by atoms with Gasteiger partial charge in [-0.25, -0.2) is 4.39 Å². The Balaban J connectivity index is 2.38. The molecule has 1 aromatic heterocycles. The molecule has 0 atom stereocenters. The van der Waals surface area contributed by atoms with Gasteiger partial charge in [0.05, 0.1) is 12.7 Å². The van der Waals surface area contributed by atoms with Gasteiger partial charge in [0.2, 0.25) is 0 Å². The predicted octanol–water partition coefficient (Wildman–Crippen LogP) is 1.47. The van der Waals surface area contributed by atoms with Gasteiger partial charge in [0, 0.05) is 11.8 Å². The summed E-state index contributed by atoms with van der Waals surface area (Å²) in [5, 5.41) is 15.7. The van der Waals surface area contributed by atoms with E-state index in [-0.39, 0.29) is 5.84 Å². The van der Waals surface area contributed by atoms with Crippen molar-refractivity contribution in [1.29, 1.82) is 0 Å². The number of nitrogens with zero attached hydrogens (tertiary/aromatic N) is 3. The zero-order valence-corrected chi connectivity index (χ0v) is 9.84. The molecule has 5 nitrogen and oxygen atoms in total. The average molecular weight is 248 g/mol. The fourth-order valence-corrected chi connectivity index (χ4v) is 1.71. The maximum absolute atomic E-state index is 13.2. The molecule has 0 aliphatic rings. The highest BCUT2D eigenvalue weighted by Gasteiger charge is 2.09. The van der Waals surface area contributed by atoms with E-state index in [4.69, 9.17) is 10.9 Å². The molecule has 18 heavy (non-hydrogen) atoms. The van der Waals surface area contributed by atoms with Crippen LogP contribution < -0.4 is 5.73 Å². The van der Waals surface area contributed by atoms with Crippen LogP contribution in [0.1, 0.15) is 16.7 Å². The van der Waals surface area contributed by atoms with Gasteiger partial charge in [0.15, 0.2) is 5.84 Å². The van der Waals surface area contributed by atoms with Crippen LogP contribution in [0.4, 0.5) is 4.39 Å². The second-order valence-electron chi connectivity index (χ2n) is 4.00. The van der Waals surface area contributed by atoms with Crippen LogP contribution in [0, 0.1) is 12.7 Å². The lowest BCUT2D eigenvalue weighted by atomic mass is 10.1. The molecule has 0 saturated heterocycles. The molecular formula is C12H13FN4O. The van der Waals surface area contributed by atoms with Crippen molar-refractivity contribution in [3.05, 3.63) is 53.1 Å². The van der Waals surface area contributed by atoms with Gasteiger partial charge < -0.3 is 10.9 Å². The van der Waals surface area contributed by atoms with Crippen molar-refractivity contribution in [2.45, 2.75) is 13.5 Å². The van der Waals surface area contributed by atoms with E-state index in [1.165, 1.54) is 12.1 Å². The quantitative estimate of drug-likeness (QED) is 0.374. The first kappa shape index (κ1) is 12.1. The summed E-state index contributed by atoms with van der Waals surface area (Å²) in [4.78, 5) is 0. The number of halogens is 1. The van der Waals surface area contributed by atoms with E-state index in [9.17, 15) is 4.39 Å². The molecule has 0 amide bonds. The normalized spacial score (nSPS) is 11.8. The van der Waals surface area contributed by atoms with E-state index in [0.717, 1.165) is 11.1 Å². The first-order chi connectivity index (χ1) is 8.60. The largest absolute Gasteiger partial charge is 0.409 e. The smallest absolute Gasteiger partial charge is 0.170 e. The minimum absolute atomic E-state index is 0.117. The number of hydrogen-bond acceptors (Lipinski definition) is 3. The van der Waals surface area contributed by atoms with Crippen molar-refractivity contribution in [1.82, 2.24) is 9.78 Å². The van der Waals surface area contributed by atoms with Crippen LogP contribution in [0.25, 0.3) is 0 Å². The lowest BCUT2D eigenvalue weighted by Crippen LogP contribution is -2.17. The van der Waals surface area contributed by atoms with Crippen LogP contribution in [0.5, 0.6) is 0 Å². The summed E-state index contributed by atoms with van der Waals surface area (Å²) in [6.45, 7) is 2.36. The fourth-order valence-electron chi connectivity index (χ4n) is 1.71. The zero-order valence-electron chi connectivity index (χ0n) is 9.84. The van der Waals surface area contributed by atoms with Crippen molar-refractivity contribution in [3.63, 3.8) is 0 Å². The van der Waals surface area contributed by atoms with Gasteiger partial charge in [0.25, 0.3) is 0 Å². The molecule has 0 fully saturated rings. The second-order valence-corrected chi connectivity index (χ2v) is 4.00. The summed E-state index contributed by atoms with van der Waals surface area (Å²) in [5.41, 5.74) is 7.65. The van der Waals surface area contributed by atoms with Crippen molar-refractivity contribution >= 4 is 5.84 Å². The lowest BCUT2D eigenvalue weighted by Gasteiger charge is -2.08. The molecule has 0 aliphatic heterocycles. The standard InChI is InChI=1S/C12H13FN4O/c1-8-5-15-17(6-8)7-9-2-3-10(13)4-11(9)12(14)16-18/h2-6,18H,7H2,1H3,(H2,14,16). The Morgan fingerprint density at radius 3 is 2.94 bits per heavy atom. The Kier molecular flexibility index (Phi) is 3.27. The molecule has 0 unspecified atom stereocenters. The zero-order chi connectivity index (χ0) is 13.1. The van der Waals surface area contributed by atoms with Crippen molar-refractivity contribution in [3.8, 4) is 0 Å². The number of hydrogen-bond donors (Lipinski definition) is 2. The third kappa shape index (κ3) is 2.48. The van der Waals surface area contributed by atoms with E-state index in [1.807, 2.05) is 13.1 Å². The van der Waals surface area contributed by atoms with Gasteiger partial charge in [0.1, 0.15) is 5.82 Å². The Bertz CT molecular complexity index is 592. The minimum atomic E-state index is -0.433. The van der Waals surface area contributed by atoms with E-state index in [1.54, 1.807) is 16.9 Å². The van der Waals surface area contributed by atoms with E-state index < -0.39 is 5.82 Å². The van der Waals surface area contributed by atoms with Gasteiger partial charge in [-0.05, 0) is 30.2 Å². The number of amidine groups is 1. The van der Waals surface area contributed by atoms with Crippen LogP contribution >= 0.6 is 0 Å². The van der Waals surface area contributed by atoms with E-state index >= 15 is 0 Å². The molecule has 3 N–H and O–H groups in total. The Labute approximate surface area is 103 Å². The summed E-state index contributed by atoms with van der Waals surface area (Å²) in [6, 6.07) is 4.17. The Morgan fingerprint density at radius 1 is 1.56 bits per heavy atom. The molecule has 0 radical (unpaired) electrons. The van der Waals surface area contributed by atoms with Crippen LogP contribution in [0.3, 0.4) is 0 Å². The first-order valence-electron chi connectivity index (χ1n) is 5.35. The number of nitrogens with two attached hydrogens (primary N) is 1. The first-order valence-corrected chi connectivity index (χ1v) is 5.35. The number of aryl methyl sites for hydroxylation is 1. The SMILES string of the molecule is Cc1cnn(Cc2ccc(F)cc2/C(N)=N/O)c1. The molecule has 0 spiro atoms. The van der Waals surface area contributed by atoms with Gasteiger partial charge in [-0.1, -0.05) is 11.2 Å². The molecule has 0 bridgehead atoms. The number of oxime groups is 1. The van der Waals surface area contributed by atoms with Crippen molar-refractivity contribution in [2.75, 3.05) is 0 Å². The second kappa shape index (κ2) is 4.87. The monoisotopic (exact) mass is 248 g/mol. The highest BCUT2D eigenvalue weighted by Crippen LogP contribution is 2.13. The third-order valence-electron chi connectivity index (χ3n) is 2.55. The lowest BCUT2D eigenvalue weighted by molar-refractivity contribution is 0.318. The summed E-state index contributed by atoms with van der Waals surface area (Å²) in [7, 11) is 0. The van der Waals surface area contributed by atoms with Crippen LogP contribution in [0.2, 0.25) is 0 Å². The van der Waals surface area contributed by atoms with E-state index in [0.29, 0.717) is 12.1 Å². The summed E-state index contributed by atoms with van der Waals surface area (Å²) >= 11 is 0. The Hall–Kier alpha value is -2.37. The average Bonchev–Trinajstić information content (AvgIpc) is 2.76. The summed E-state index contributed by atoms with van der Waals surface area (Å²) in [6.07, 6.45) is 3.59. The Morgan fingerprint density at radius 2 is 2.33 bits per heavy atom. The molecule has 2 aromatic rings. The molecule has 6 heteroatoms. The number of rotatable bonds is 3. The van der Waals surface area contributed by atoms with Gasteiger partial charge >= 0.3 is 0 Å². The number of aromatic nitrogens is 2. The maximum atomic E-state index is 13.2. The molecule has 0 saturated carbocycles. The molecular weight excluding hydrogens is 235 g/mol. The topological polar surface area (TPSA) is 76.4 Å². The number of benzene rings is 1. The highest BCUT2D eigenvalue weighted by molar-refractivity contribution is 5.98. The van der Waals surface area contributed by atoms with Crippen LogP contribution in [0.15, 0.2) is 35.7 Å². The molecule has 0 aliphatic carbocycles. The third-order valence-corrected chi connectivity index (χ3v) is 2.55. The summed E-state index contributed by atoms with van der Waals surface area (Å²) < 4.78 is 14.9. The fraction of sp³-hybridized carbons (Fsp3) is 0.167. The van der Waals surface area contributed by atoms with Crippen LogP contribution in [-0.4, -0.2) is 20.8 Å². The van der Waals surface area contributed by atoms with Crippen LogP contribution in [-0.2, 0) is 6.54 Å². The van der Waals surface area contributed by atoms with Gasteiger partial charge in [-0.3, -0.25) is 4.68 Å². The minimum Gasteiger partial charge on any atom is -0.409 e. The predicted molar refractivity (Wildman–Crippen MR) is 65.0 cm³/mol. The van der Waals surface area contributed by atoms with E-state index in [2.05, 4.69) is 10.3 Å². The molecule has 94 valence electrons. The molecule has 1 heterocycles.